The summed E-state index contributed by atoms with van der Waals surface area (Å²) in [5.74, 6) is 0. The molecule has 0 aromatic rings. The summed E-state index contributed by atoms with van der Waals surface area (Å²) in [7, 11) is 4.29. The second-order valence-corrected chi connectivity index (χ2v) is 6.06. The summed E-state index contributed by atoms with van der Waals surface area (Å²) in [6.07, 6.45) is 5.08. The van der Waals surface area contributed by atoms with E-state index in [9.17, 15) is 10.2 Å². The average Bonchev–Trinajstić information content (AvgIpc) is 2.79. The first kappa shape index (κ1) is 14.9. The van der Waals surface area contributed by atoms with Crippen LogP contribution in [0.1, 0.15) is 32.6 Å². The standard InChI is InChI=1S/C13H28N2O2/c1-12(10-16,11-17)8-14-9-13(15(2)3)6-4-5-7-13/h14,16-17H,4-11H2,1-3H3. The minimum absolute atomic E-state index is 0.0193. The minimum atomic E-state index is -0.411. The molecule has 17 heavy (non-hydrogen) atoms. The molecule has 0 radical (unpaired) electrons. The van der Waals surface area contributed by atoms with Crippen molar-refractivity contribution in [3.05, 3.63) is 0 Å². The quantitative estimate of drug-likeness (QED) is 0.608. The minimum Gasteiger partial charge on any atom is -0.396 e. The fourth-order valence-electron chi connectivity index (χ4n) is 2.57. The molecule has 1 rings (SSSR count). The Bertz CT molecular complexity index is 221. The summed E-state index contributed by atoms with van der Waals surface area (Å²) < 4.78 is 0. The van der Waals surface area contributed by atoms with Gasteiger partial charge in [-0.05, 0) is 26.9 Å². The van der Waals surface area contributed by atoms with E-state index in [0.717, 1.165) is 6.54 Å². The fourth-order valence-corrected chi connectivity index (χ4v) is 2.57. The molecular formula is C13H28N2O2. The Kier molecular flexibility index (Phi) is 5.38. The molecule has 0 unspecified atom stereocenters. The van der Waals surface area contributed by atoms with Crippen LogP contribution in [-0.4, -0.2) is 61.1 Å². The first-order chi connectivity index (χ1) is 7.98. The molecule has 4 heteroatoms. The molecule has 0 aromatic heterocycles. The zero-order valence-electron chi connectivity index (χ0n) is 11.5. The number of aliphatic hydroxyl groups is 2. The lowest BCUT2D eigenvalue weighted by atomic mass is 9.91. The normalized spacial score (nSPS) is 20.1. The molecule has 1 fully saturated rings. The third-order valence-electron chi connectivity index (χ3n) is 4.25. The number of nitrogens with zero attached hydrogens (tertiary/aromatic N) is 1. The second kappa shape index (κ2) is 6.14. The number of hydrogen-bond donors (Lipinski definition) is 3. The number of rotatable bonds is 7. The van der Waals surface area contributed by atoms with Gasteiger partial charge in [0, 0.05) is 24.0 Å². The van der Waals surface area contributed by atoms with Crippen molar-refractivity contribution in [2.24, 2.45) is 5.41 Å². The Morgan fingerprint density at radius 3 is 2.12 bits per heavy atom. The number of likely N-dealkylation sites (N-methyl/N-ethyl adjacent to an activating group) is 1. The molecule has 0 bridgehead atoms. The predicted molar refractivity (Wildman–Crippen MR) is 70.0 cm³/mol. The Morgan fingerprint density at radius 1 is 1.18 bits per heavy atom. The van der Waals surface area contributed by atoms with E-state index in [2.05, 4.69) is 24.3 Å². The first-order valence-electron chi connectivity index (χ1n) is 6.58. The topological polar surface area (TPSA) is 55.7 Å². The van der Waals surface area contributed by atoms with Crippen molar-refractivity contribution in [1.82, 2.24) is 10.2 Å². The molecule has 1 aliphatic carbocycles. The van der Waals surface area contributed by atoms with Crippen molar-refractivity contribution in [2.45, 2.75) is 38.1 Å². The van der Waals surface area contributed by atoms with Gasteiger partial charge in [0.05, 0.1) is 13.2 Å². The smallest absolute Gasteiger partial charge is 0.0518 e. The van der Waals surface area contributed by atoms with Crippen molar-refractivity contribution >= 4 is 0 Å². The summed E-state index contributed by atoms with van der Waals surface area (Å²) in [6, 6.07) is 0. The van der Waals surface area contributed by atoms with E-state index in [4.69, 9.17) is 0 Å². The van der Waals surface area contributed by atoms with Gasteiger partial charge in [-0.15, -0.1) is 0 Å². The van der Waals surface area contributed by atoms with Gasteiger partial charge < -0.3 is 20.4 Å². The van der Waals surface area contributed by atoms with Crippen LogP contribution in [0.25, 0.3) is 0 Å². The van der Waals surface area contributed by atoms with Crippen molar-refractivity contribution in [3.63, 3.8) is 0 Å². The van der Waals surface area contributed by atoms with Gasteiger partial charge in [-0.2, -0.15) is 0 Å². The van der Waals surface area contributed by atoms with E-state index in [1.165, 1.54) is 25.7 Å². The van der Waals surface area contributed by atoms with Gasteiger partial charge in [-0.1, -0.05) is 19.8 Å². The number of nitrogens with one attached hydrogen (secondary N) is 1. The molecule has 0 atom stereocenters. The van der Waals surface area contributed by atoms with Gasteiger partial charge in [0.15, 0.2) is 0 Å². The highest BCUT2D eigenvalue weighted by Crippen LogP contribution is 2.33. The highest BCUT2D eigenvalue weighted by Gasteiger charge is 2.36. The molecule has 0 heterocycles. The van der Waals surface area contributed by atoms with Crippen LogP contribution in [0.2, 0.25) is 0 Å². The van der Waals surface area contributed by atoms with E-state index >= 15 is 0 Å². The lowest BCUT2D eigenvalue weighted by Gasteiger charge is -2.38. The SMILES string of the molecule is CN(C)C1(CNCC(C)(CO)CO)CCCC1. The van der Waals surface area contributed by atoms with E-state index < -0.39 is 5.41 Å². The second-order valence-electron chi connectivity index (χ2n) is 6.06. The maximum atomic E-state index is 9.24. The lowest BCUT2D eigenvalue weighted by Crippen LogP contribution is -2.51. The Balaban J connectivity index is 2.43. The molecule has 0 amide bonds. The highest BCUT2D eigenvalue weighted by molar-refractivity contribution is 4.95. The van der Waals surface area contributed by atoms with Gasteiger partial charge in [0.25, 0.3) is 0 Å². The molecule has 0 spiro atoms. The zero-order chi connectivity index (χ0) is 12.9. The van der Waals surface area contributed by atoms with E-state index in [0.29, 0.717) is 6.54 Å². The Morgan fingerprint density at radius 2 is 1.71 bits per heavy atom. The highest BCUT2D eigenvalue weighted by atomic mass is 16.3. The van der Waals surface area contributed by atoms with Crippen molar-refractivity contribution in [2.75, 3.05) is 40.4 Å². The summed E-state index contributed by atoms with van der Waals surface area (Å²) in [4.78, 5) is 2.32. The summed E-state index contributed by atoms with van der Waals surface area (Å²) >= 11 is 0. The molecule has 3 N–H and O–H groups in total. The van der Waals surface area contributed by atoms with Crippen LogP contribution in [0.3, 0.4) is 0 Å². The summed E-state index contributed by atoms with van der Waals surface area (Å²) in [6.45, 7) is 3.54. The van der Waals surface area contributed by atoms with E-state index in [-0.39, 0.29) is 18.8 Å². The monoisotopic (exact) mass is 244 g/mol. The number of aliphatic hydroxyl groups excluding tert-OH is 2. The maximum Gasteiger partial charge on any atom is 0.0518 e. The third-order valence-corrected chi connectivity index (χ3v) is 4.25. The summed E-state index contributed by atoms with van der Waals surface area (Å²) in [5.41, 5.74) is -0.141. The van der Waals surface area contributed by atoms with Gasteiger partial charge >= 0.3 is 0 Å². The molecule has 1 aliphatic rings. The van der Waals surface area contributed by atoms with Gasteiger partial charge in [-0.3, -0.25) is 0 Å². The van der Waals surface area contributed by atoms with Crippen molar-refractivity contribution < 1.29 is 10.2 Å². The molecule has 0 aromatic carbocycles. The van der Waals surface area contributed by atoms with E-state index in [1.807, 2.05) is 6.92 Å². The van der Waals surface area contributed by atoms with Crippen LogP contribution in [-0.2, 0) is 0 Å². The molecular weight excluding hydrogens is 216 g/mol. The van der Waals surface area contributed by atoms with Crippen LogP contribution < -0.4 is 5.32 Å². The zero-order valence-corrected chi connectivity index (χ0v) is 11.5. The molecule has 0 aliphatic heterocycles. The maximum absolute atomic E-state index is 9.24. The van der Waals surface area contributed by atoms with Crippen molar-refractivity contribution in [1.29, 1.82) is 0 Å². The lowest BCUT2D eigenvalue weighted by molar-refractivity contribution is 0.0637. The Labute approximate surface area is 105 Å². The van der Waals surface area contributed by atoms with Gasteiger partial charge in [-0.25, -0.2) is 0 Å². The first-order valence-corrected chi connectivity index (χ1v) is 6.58. The largest absolute Gasteiger partial charge is 0.396 e. The van der Waals surface area contributed by atoms with Crippen LogP contribution >= 0.6 is 0 Å². The van der Waals surface area contributed by atoms with Crippen LogP contribution in [0.4, 0.5) is 0 Å². The molecule has 1 saturated carbocycles. The van der Waals surface area contributed by atoms with Gasteiger partial charge in [0.1, 0.15) is 0 Å². The molecule has 102 valence electrons. The summed E-state index contributed by atoms with van der Waals surface area (Å²) in [5, 5.41) is 21.9. The van der Waals surface area contributed by atoms with Crippen LogP contribution in [0.15, 0.2) is 0 Å². The molecule has 0 saturated heterocycles. The van der Waals surface area contributed by atoms with Crippen LogP contribution in [0.5, 0.6) is 0 Å². The fraction of sp³-hybridized carbons (Fsp3) is 1.00. The Hall–Kier alpha value is -0.160. The van der Waals surface area contributed by atoms with Crippen LogP contribution in [0, 0.1) is 5.41 Å². The number of hydrogen-bond acceptors (Lipinski definition) is 4. The average molecular weight is 244 g/mol. The predicted octanol–water partition coefficient (Wildman–Crippen LogP) is 0.441. The molecule has 4 nitrogen and oxygen atoms in total. The van der Waals surface area contributed by atoms with E-state index in [1.54, 1.807) is 0 Å². The third kappa shape index (κ3) is 3.65. The van der Waals surface area contributed by atoms with Crippen molar-refractivity contribution in [3.8, 4) is 0 Å². The van der Waals surface area contributed by atoms with Gasteiger partial charge in [0.2, 0.25) is 0 Å².